The highest BCUT2D eigenvalue weighted by Crippen LogP contribution is 2.36. The molecule has 4 atom stereocenters. The number of ether oxygens (including phenoxy) is 1. The summed E-state index contributed by atoms with van der Waals surface area (Å²) in [4.78, 5) is 25.5. The molecule has 4 aliphatic rings. The van der Waals surface area contributed by atoms with Crippen molar-refractivity contribution in [2.45, 2.75) is 68.9 Å². The van der Waals surface area contributed by atoms with Crippen LogP contribution in [0, 0.1) is 0 Å². The Hall–Kier alpha value is -0.940. The molecule has 3 aliphatic heterocycles. The van der Waals surface area contributed by atoms with Crippen molar-refractivity contribution in [1.82, 2.24) is 10.2 Å². The van der Waals surface area contributed by atoms with Gasteiger partial charge in [-0.05, 0) is 32.1 Å². The van der Waals surface area contributed by atoms with Crippen LogP contribution in [-0.2, 0) is 14.3 Å². The molecule has 5 nitrogen and oxygen atoms in total. The van der Waals surface area contributed by atoms with Crippen LogP contribution in [-0.4, -0.2) is 47.0 Å². The lowest BCUT2D eigenvalue weighted by Crippen LogP contribution is -2.47. The zero-order valence-corrected chi connectivity index (χ0v) is 10.3. The first kappa shape index (κ1) is 10.9. The van der Waals surface area contributed by atoms with Gasteiger partial charge in [0.05, 0.1) is 24.7 Å². The number of hydrogen-bond donors (Lipinski definition) is 1. The van der Waals surface area contributed by atoms with E-state index in [9.17, 15) is 9.59 Å². The van der Waals surface area contributed by atoms with Crippen molar-refractivity contribution in [3.05, 3.63) is 0 Å². The van der Waals surface area contributed by atoms with E-state index in [0.29, 0.717) is 12.5 Å². The summed E-state index contributed by atoms with van der Waals surface area (Å²) in [5.41, 5.74) is 0. The van der Waals surface area contributed by atoms with Gasteiger partial charge in [-0.2, -0.15) is 0 Å². The number of carbonyl (C=O) groups excluding carboxylic acids is 2. The number of nitrogens with zero attached hydrogens (tertiary/aromatic N) is 1. The average molecular weight is 250 g/mol. The van der Waals surface area contributed by atoms with E-state index in [4.69, 9.17) is 4.74 Å². The van der Waals surface area contributed by atoms with Crippen LogP contribution in [0.3, 0.4) is 0 Å². The topological polar surface area (TPSA) is 58.6 Å². The first-order valence-corrected chi connectivity index (χ1v) is 7.00. The van der Waals surface area contributed by atoms with Crippen molar-refractivity contribution in [2.75, 3.05) is 0 Å². The third-order valence-corrected chi connectivity index (χ3v) is 4.62. The van der Waals surface area contributed by atoms with Crippen molar-refractivity contribution in [3.8, 4) is 0 Å². The average Bonchev–Trinajstić information content (AvgIpc) is 2.85. The van der Waals surface area contributed by atoms with Crippen LogP contribution in [0.15, 0.2) is 0 Å². The molecule has 1 aliphatic carbocycles. The van der Waals surface area contributed by atoms with E-state index in [1.165, 1.54) is 4.90 Å². The number of imide groups is 1. The Labute approximate surface area is 106 Å². The van der Waals surface area contributed by atoms with Crippen LogP contribution in [0.1, 0.15) is 38.5 Å². The Bertz CT molecular complexity index is 407. The number of fused-ring (bicyclic) bond motifs is 2. The standard InChI is InChI=1S/C13H18N2O3/c16-12-6-10(13(17)15(12)7-1-2-7)14-9-5-8-3-4-11(9)18-8/h7-11,14H,1-6H2. The Kier molecular flexibility index (Phi) is 2.29. The van der Waals surface area contributed by atoms with Crippen LogP contribution < -0.4 is 5.32 Å². The molecule has 0 aromatic heterocycles. The summed E-state index contributed by atoms with van der Waals surface area (Å²) in [6, 6.07) is 0.170. The molecule has 3 heterocycles. The summed E-state index contributed by atoms with van der Waals surface area (Å²) in [6.07, 6.45) is 6.17. The molecule has 0 spiro atoms. The molecule has 4 rings (SSSR count). The van der Waals surface area contributed by atoms with E-state index in [1.807, 2.05) is 0 Å². The molecule has 0 radical (unpaired) electrons. The van der Waals surface area contributed by atoms with Crippen LogP contribution in [0.5, 0.6) is 0 Å². The van der Waals surface area contributed by atoms with E-state index in [0.717, 1.165) is 32.1 Å². The van der Waals surface area contributed by atoms with Gasteiger partial charge in [-0.1, -0.05) is 0 Å². The van der Waals surface area contributed by atoms with E-state index in [2.05, 4.69) is 5.32 Å². The molecular weight excluding hydrogens is 232 g/mol. The minimum atomic E-state index is -0.300. The highest BCUT2D eigenvalue weighted by atomic mass is 16.5. The minimum absolute atomic E-state index is 0.00377. The third kappa shape index (κ3) is 1.61. The van der Waals surface area contributed by atoms with Crippen LogP contribution in [0.25, 0.3) is 0 Å². The zero-order valence-electron chi connectivity index (χ0n) is 10.3. The van der Waals surface area contributed by atoms with Gasteiger partial charge in [-0.25, -0.2) is 0 Å². The van der Waals surface area contributed by atoms with Gasteiger partial charge >= 0.3 is 0 Å². The van der Waals surface area contributed by atoms with Gasteiger partial charge < -0.3 is 4.74 Å². The molecule has 0 aromatic rings. The van der Waals surface area contributed by atoms with E-state index < -0.39 is 0 Å². The van der Waals surface area contributed by atoms with Gasteiger partial charge in [0.2, 0.25) is 11.8 Å². The van der Waals surface area contributed by atoms with Gasteiger partial charge in [0.1, 0.15) is 0 Å². The van der Waals surface area contributed by atoms with Gasteiger partial charge in [0.25, 0.3) is 0 Å². The second-order valence-corrected chi connectivity index (χ2v) is 5.97. The second kappa shape index (κ2) is 3.78. The molecule has 1 N–H and O–H groups in total. The Morgan fingerprint density at radius 1 is 1.17 bits per heavy atom. The third-order valence-electron chi connectivity index (χ3n) is 4.62. The summed E-state index contributed by atoms with van der Waals surface area (Å²) in [7, 11) is 0. The van der Waals surface area contributed by atoms with Crippen LogP contribution in [0.4, 0.5) is 0 Å². The molecule has 98 valence electrons. The summed E-state index contributed by atoms with van der Waals surface area (Å²) in [6.45, 7) is 0. The lowest BCUT2D eigenvalue weighted by atomic mass is 9.95. The first-order chi connectivity index (χ1) is 8.72. The monoisotopic (exact) mass is 250 g/mol. The Balaban J connectivity index is 1.43. The first-order valence-electron chi connectivity index (χ1n) is 7.00. The summed E-state index contributed by atoms with van der Waals surface area (Å²) in [5, 5.41) is 3.36. The maximum Gasteiger partial charge on any atom is 0.247 e. The molecule has 4 fully saturated rings. The van der Waals surface area contributed by atoms with Crippen molar-refractivity contribution in [3.63, 3.8) is 0 Å². The summed E-state index contributed by atoms with van der Waals surface area (Å²) < 4.78 is 5.77. The summed E-state index contributed by atoms with van der Waals surface area (Å²) >= 11 is 0. The molecule has 5 heteroatoms. The highest BCUT2D eigenvalue weighted by Gasteiger charge is 2.49. The number of nitrogens with one attached hydrogen (secondary N) is 1. The number of carbonyl (C=O) groups is 2. The van der Waals surface area contributed by atoms with Crippen molar-refractivity contribution in [1.29, 1.82) is 0 Å². The second-order valence-electron chi connectivity index (χ2n) is 5.97. The number of rotatable bonds is 3. The molecule has 2 bridgehead atoms. The van der Waals surface area contributed by atoms with E-state index >= 15 is 0 Å². The molecular formula is C13H18N2O3. The lowest BCUT2D eigenvalue weighted by Gasteiger charge is -2.23. The van der Waals surface area contributed by atoms with Crippen LogP contribution in [0.2, 0.25) is 0 Å². The smallest absolute Gasteiger partial charge is 0.247 e. The largest absolute Gasteiger partial charge is 0.373 e. The lowest BCUT2D eigenvalue weighted by molar-refractivity contribution is -0.139. The number of amides is 2. The molecule has 4 unspecified atom stereocenters. The zero-order chi connectivity index (χ0) is 12.3. The molecule has 3 saturated heterocycles. The normalized spacial score (nSPS) is 43.2. The fraction of sp³-hybridized carbons (Fsp3) is 0.846. The van der Waals surface area contributed by atoms with Crippen molar-refractivity contribution >= 4 is 11.8 Å². The Morgan fingerprint density at radius 2 is 2.00 bits per heavy atom. The fourth-order valence-electron chi connectivity index (χ4n) is 3.57. The Morgan fingerprint density at radius 3 is 2.61 bits per heavy atom. The summed E-state index contributed by atoms with van der Waals surface area (Å²) in [5.74, 6) is -0.00523. The van der Waals surface area contributed by atoms with Crippen molar-refractivity contribution in [2.24, 2.45) is 0 Å². The highest BCUT2D eigenvalue weighted by molar-refractivity contribution is 6.06. The minimum Gasteiger partial charge on any atom is -0.373 e. The molecule has 2 amide bonds. The fourth-order valence-corrected chi connectivity index (χ4v) is 3.57. The molecule has 18 heavy (non-hydrogen) atoms. The quantitative estimate of drug-likeness (QED) is 0.726. The van der Waals surface area contributed by atoms with Gasteiger partial charge in [-0.15, -0.1) is 0 Å². The SMILES string of the molecule is O=C1CC(NC2CC3CCC2O3)C(=O)N1C1CC1. The number of hydrogen-bond acceptors (Lipinski definition) is 4. The predicted octanol–water partition coefficient (Wildman–Crippen LogP) is 0.186. The van der Waals surface area contributed by atoms with Crippen LogP contribution >= 0.6 is 0 Å². The van der Waals surface area contributed by atoms with E-state index in [-0.39, 0.29) is 36.0 Å². The maximum atomic E-state index is 12.2. The van der Waals surface area contributed by atoms with E-state index in [1.54, 1.807) is 0 Å². The number of likely N-dealkylation sites (tertiary alicyclic amines) is 1. The van der Waals surface area contributed by atoms with Gasteiger partial charge in [-0.3, -0.25) is 19.8 Å². The van der Waals surface area contributed by atoms with Gasteiger partial charge in [0.15, 0.2) is 0 Å². The molecule has 0 aromatic carbocycles. The van der Waals surface area contributed by atoms with Crippen molar-refractivity contribution < 1.29 is 14.3 Å². The maximum absolute atomic E-state index is 12.2. The van der Waals surface area contributed by atoms with Gasteiger partial charge in [0, 0.05) is 12.1 Å². The molecule has 1 saturated carbocycles. The predicted molar refractivity (Wildman–Crippen MR) is 62.7 cm³/mol.